The van der Waals surface area contributed by atoms with Crippen LogP contribution < -0.4 is 0 Å². The Morgan fingerprint density at radius 3 is 2.08 bits per heavy atom. The molecule has 3 heteroatoms. The summed E-state index contributed by atoms with van der Waals surface area (Å²) in [5.74, 6) is 0. The molecule has 0 atom stereocenters. The van der Waals surface area contributed by atoms with E-state index < -0.39 is 0 Å². The molecule has 1 fully saturated rings. The highest BCUT2D eigenvalue weighted by Crippen LogP contribution is 2.16. The normalized spacial score (nSPS) is 19.8. The maximum Gasteiger partial charge on any atom is 0.0784 e. The molecule has 1 rings (SSSR count). The fraction of sp³-hybridized carbons (Fsp3) is 1.00. The molecule has 1 aliphatic heterocycles. The Bertz CT molecular complexity index is 111. The topological polar surface area (TPSA) is 61.5 Å². The van der Waals surface area contributed by atoms with E-state index in [2.05, 4.69) is 14.0 Å². The van der Waals surface area contributed by atoms with Gasteiger partial charge in [-0.1, -0.05) is 13.3 Å². The molecule has 0 amide bonds. The first-order valence-corrected chi connectivity index (χ1v) is 5.10. The molecule has 13 heavy (non-hydrogen) atoms. The van der Waals surface area contributed by atoms with Gasteiger partial charge in [0.25, 0.3) is 0 Å². The van der Waals surface area contributed by atoms with Gasteiger partial charge in [0.15, 0.2) is 0 Å². The lowest BCUT2D eigenvalue weighted by molar-refractivity contribution is -0.914. The smallest absolute Gasteiger partial charge is 0.0784 e. The fourth-order valence-electron chi connectivity index (χ4n) is 2.04. The Labute approximate surface area is 81.9 Å². The lowest BCUT2D eigenvalue weighted by atomic mass is 10.1. The second kappa shape index (κ2) is 7.30. The molecule has 0 aromatic rings. The predicted octanol–water partition coefficient (Wildman–Crippen LogP) is 1.42. The molecule has 0 radical (unpaired) electrons. The minimum Gasteiger partial charge on any atom is -0.870 e. The molecule has 3 N–H and O–H groups in total. The highest BCUT2D eigenvalue weighted by Gasteiger charge is 2.23. The van der Waals surface area contributed by atoms with Gasteiger partial charge >= 0.3 is 0 Å². The minimum absolute atomic E-state index is 0. The number of quaternary nitrogens is 1. The Morgan fingerprint density at radius 2 is 1.62 bits per heavy atom. The summed E-state index contributed by atoms with van der Waals surface area (Å²) in [6, 6.07) is 0. The molecule has 0 aromatic carbocycles. The Morgan fingerprint density at radius 1 is 1.08 bits per heavy atom. The quantitative estimate of drug-likeness (QED) is 0.622. The highest BCUT2D eigenvalue weighted by molar-refractivity contribution is 4.51. The summed E-state index contributed by atoms with van der Waals surface area (Å²) in [6.07, 6.45) is 7.16. The zero-order valence-electron chi connectivity index (χ0n) is 9.05. The molecule has 0 unspecified atom stereocenters. The first kappa shape index (κ1) is 15.4. The summed E-state index contributed by atoms with van der Waals surface area (Å²) in [4.78, 5) is 0. The van der Waals surface area contributed by atoms with E-state index in [1.165, 1.54) is 56.2 Å². The maximum absolute atomic E-state index is 2.43. The van der Waals surface area contributed by atoms with Crippen molar-refractivity contribution in [1.29, 1.82) is 0 Å². The number of unbranched alkanes of at least 4 members (excludes halogenated alkanes) is 1. The van der Waals surface area contributed by atoms with Crippen LogP contribution in [0.2, 0.25) is 0 Å². The van der Waals surface area contributed by atoms with Gasteiger partial charge in [-0.2, -0.15) is 0 Å². The summed E-state index contributed by atoms with van der Waals surface area (Å²) < 4.78 is 1.36. The van der Waals surface area contributed by atoms with Crippen molar-refractivity contribution >= 4 is 0 Å². The van der Waals surface area contributed by atoms with Crippen molar-refractivity contribution < 1.29 is 15.4 Å². The van der Waals surface area contributed by atoms with Crippen LogP contribution in [-0.4, -0.2) is 42.1 Å². The van der Waals surface area contributed by atoms with E-state index in [0.717, 1.165) is 0 Å². The third-order valence-electron chi connectivity index (χ3n) is 2.95. The third-order valence-corrected chi connectivity index (χ3v) is 2.95. The van der Waals surface area contributed by atoms with Crippen LogP contribution in [0.15, 0.2) is 0 Å². The van der Waals surface area contributed by atoms with Crippen LogP contribution in [0.5, 0.6) is 0 Å². The molecule has 1 saturated heterocycles. The monoisotopic (exact) mass is 191 g/mol. The van der Waals surface area contributed by atoms with Gasteiger partial charge in [-0.25, -0.2) is 0 Å². The molecule has 1 aliphatic rings. The van der Waals surface area contributed by atoms with E-state index in [4.69, 9.17) is 0 Å². The van der Waals surface area contributed by atoms with E-state index >= 15 is 0 Å². The first-order valence-electron chi connectivity index (χ1n) is 5.10. The van der Waals surface area contributed by atoms with Crippen LogP contribution in [-0.2, 0) is 0 Å². The number of piperidine rings is 1. The number of hydrogen-bond acceptors (Lipinski definition) is 1. The number of likely N-dealkylation sites (tertiary alicyclic amines) is 1. The lowest BCUT2D eigenvalue weighted by Crippen LogP contribution is -2.48. The van der Waals surface area contributed by atoms with Crippen LogP contribution in [0.3, 0.4) is 0 Å². The molecule has 82 valence electrons. The maximum atomic E-state index is 2.43. The van der Waals surface area contributed by atoms with Crippen LogP contribution >= 0.6 is 0 Å². The van der Waals surface area contributed by atoms with E-state index in [1.54, 1.807) is 0 Å². The van der Waals surface area contributed by atoms with E-state index in [-0.39, 0.29) is 11.0 Å². The summed E-state index contributed by atoms with van der Waals surface area (Å²) in [5, 5.41) is 0. The molecule has 0 aromatic heterocycles. The summed E-state index contributed by atoms with van der Waals surface area (Å²) >= 11 is 0. The fourth-order valence-corrected chi connectivity index (χ4v) is 2.04. The van der Waals surface area contributed by atoms with E-state index in [1.807, 2.05) is 0 Å². The van der Waals surface area contributed by atoms with Gasteiger partial charge in [-0.3, -0.25) is 0 Å². The molecule has 1 heterocycles. The summed E-state index contributed by atoms with van der Waals surface area (Å²) in [6.45, 7) is 6.56. The molecule has 0 aliphatic carbocycles. The molecular weight excluding hydrogens is 166 g/mol. The average molecular weight is 191 g/mol. The highest BCUT2D eigenvalue weighted by atomic mass is 16.0. The second-order valence-electron chi connectivity index (χ2n) is 4.20. The van der Waals surface area contributed by atoms with Crippen molar-refractivity contribution in [3.05, 3.63) is 0 Å². The largest absolute Gasteiger partial charge is 0.870 e. The van der Waals surface area contributed by atoms with E-state index in [0.29, 0.717) is 0 Å². The minimum atomic E-state index is 0. The van der Waals surface area contributed by atoms with Crippen LogP contribution in [0.25, 0.3) is 0 Å². The average Bonchev–Trinajstić information content (AvgIpc) is 2.03. The van der Waals surface area contributed by atoms with Gasteiger partial charge in [0.2, 0.25) is 0 Å². The molecule has 0 saturated carbocycles. The Kier molecular flexibility index (Phi) is 8.62. The zero-order valence-corrected chi connectivity index (χ0v) is 9.05. The van der Waals surface area contributed by atoms with Gasteiger partial charge in [-0.05, 0) is 25.7 Å². The number of hydrogen-bond donors (Lipinski definition) is 0. The van der Waals surface area contributed by atoms with Gasteiger partial charge in [0, 0.05) is 0 Å². The Balaban J connectivity index is 0. The second-order valence-corrected chi connectivity index (χ2v) is 4.20. The van der Waals surface area contributed by atoms with Crippen LogP contribution in [0.4, 0.5) is 0 Å². The third kappa shape index (κ3) is 5.24. The van der Waals surface area contributed by atoms with Crippen molar-refractivity contribution in [2.24, 2.45) is 0 Å². The SMILES string of the molecule is CCCC[N+]1(C)CCCCC1.O.[OH-]. The molecule has 3 nitrogen and oxygen atoms in total. The Hall–Kier alpha value is -0.120. The zero-order chi connectivity index (χ0) is 8.16. The number of nitrogens with zero attached hydrogens (tertiary/aromatic N) is 1. The van der Waals surface area contributed by atoms with Gasteiger partial charge in [-0.15, -0.1) is 0 Å². The summed E-state index contributed by atoms with van der Waals surface area (Å²) in [7, 11) is 2.43. The summed E-state index contributed by atoms with van der Waals surface area (Å²) in [5.41, 5.74) is 0. The van der Waals surface area contributed by atoms with Crippen LogP contribution in [0.1, 0.15) is 39.0 Å². The van der Waals surface area contributed by atoms with Crippen molar-refractivity contribution in [3.63, 3.8) is 0 Å². The van der Waals surface area contributed by atoms with Gasteiger partial charge in [0.1, 0.15) is 0 Å². The van der Waals surface area contributed by atoms with Gasteiger partial charge in [0.05, 0.1) is 26.7 Å². The first-order chi connectivity index (χ1) is 5.27. The molecule has 0 spiro atoms. The predicted molar refractivity (Wildman–Crippen MR) is 55.1 cm³/mol. The van der Waals surface area contributed by atoms with Crippen molar-refractivity contribution in [1.82, 2.24) is 0 Å². The van der Waals surface area contributed by atoms with Crippen LogP contribution in [0, 0.1) is 0 Å². The van der Waals surface area contributed by atoms with Crippen molar-refractivity contribution in [2.45, 2.75) is 39.0 Å². The van der Waals surface area contributed by atoms with Gasteiger partial charge < -0.3 is 15.4 Å². The van der Waals surface area contributed by atoms with Crippen molar-refractivity contribution in [3.8, 4) is 0 Å². The molecular formula is C10H25NO2. The van der Waals surface area contributed by atoms with E-state index in [9.17, 15) is 0 Å². The lowest BCUT2D eigenvalue weighted by Gasteiger charge is -2.37. The molecule has 0 bridgehead atoms. The van der Waals surface area contributed by atoms with Crippen molar-refractivity contribution in [2.75, 3.05) is 26.7 Å². The standard InChI is InChI=1S/C10H22N.2H2O/c1-3-4-8-11(2)9-6-5-7-10-11;;/h3-10H2,1-2H3;2*1H2/q+1;;/p-1. The number of rotatable bonds is 3.